The summed E-state index contributed by atoms with van der Waals surface area (Å²) in [5.74, 6) is 5.61. The third-order valence-electron chi connectivity index (χ3n) is 3.99. The Labute approximate surface area is 117 Å². The lowest BCUT2D eigenvalue weighted by molar-refractivity contribution is -0.0754. The summed E-state index contributed by atoms with van der Waals surface area (Å²) in [5.41, 5.74) is 2.74. The molecule has 7 heteroatoms. The summed E-state index contributed by atoms with van der Waals surface area (Å²) in [6, 6.07) is 0.168. The van der Waals surface area contributed by atoms with Crippen LogP contribution in [0.4, 0.5) is 5.82 Å². The molecule has 7 nitrogen and oxygen atoms in total. The number of morpholine rings is 1. The Balaban J connectivity index is 1.81. The Hall–Kier alpha value is -1.73. The van der Waals surface area contributed by atoms with Crippen molar-refractivity contribution in [2.75, 3.05) is 18.6 Å². The number of hydrogen-bond acceptors (Lipinski definition) is 6. The molecule has 0 bridgehead atoms. The highest BCUT2D eigenvalue weighted by Gasteiger charge is 2.37. The Morgan fingerprint density at radius 3 is 3.10 bits per heavy atom. The van der Waals surface area contributed by atoms with E-state index in [9.17, 15) is 4.79 Å². The molecule has 2 aliphatic rings. The summed E-state index contributed by atoms with van der Waals surface area (Å²) < 4.78 is 5.78. The van der Waals surface area contributed by atoms with Crippen LogP contribution in [0.3, 0.4) is 0 Å². The predicted octanol–water partition coefficient (Wildman–Crippen LogP) is 0.546. The lowest BCUT2D eigenvalue weighted by Gasteiger charge is -2.43. The van der Waals surface area contributed by atoms with Crippen LogP contribution in [0.15, 0.2) is 12.4 Å². The minimum absolute atomic E-state index is 0.0881. The zero-order valence-corrected chi connectivity index (χ0v) is 11.3. The van der Waals surface area contributed by atoms with Crippen LogP contribution in [0.5, 0.6) is 0 Å². The number of carbonyl (C=O) groups excluding carboxylic acids is 1. The van der Waals surface area contributed by atoms with E-state index in [1.54, 1.807) is 0 Å². The van der Waals surface area contributed by atoms with E-state index in [-0.39, 0.29) is 18.1 Å². The fourth-order valence-corrected chi connectivity index (χ4v) is 3.03. The number of ether oxygens (including phenoxy) is 1. The number of nitrogens with zero attached hydrogens (tertiary/aromatic N) is 3. The topological polar surface area (TPSA) is 93.4 Å². The van der Waals surface area contributed by atoms with Gasteiger partial charge in [-0.2, -0.15) is 0 Å². The van der Waals surface area contributed by atoms with Gasteiger partial charge in [-0.05, 0) is 12.8 Å². The number of hydrazine groups is 1. The van der Waals surface area contributed by atoms with Crippen LogP contribution in [-0.2, 0) is 4.74 Å². The summed E-state index contributed by atoms with van der Waals surface area (Å²) in [6.45, 7) is 1.21. The third-order valence-corrected chi connectivity index (χ3v) is 3.99. The Kier molecular flexibility index (Phi) is 3.79. The quantitative estimate of drug-likeness (QED) is 0.605. The van der Waals surface area contributed by atoms with Gasteiger partial charge in [0.05, 0.1) is 31.1 Å². The maximum Gasteiger partial charge on any atom is 0.274 e. The van der Waals surface area contributed by atoms with Crippen molar-refractivity contribution >= 4 is 11.7 Å². The molecule has 20 heavy (non-hydrogen) atoms. The third kappa shape index (κ3) is 2.46. The number of nitrogen functional groups attached to an aromatic ring is 1. The van der Waals surface area contributed by atoms with Crippen molar-refractivity contribution in [3.05, 3.63) is 18.1 Å². The summed E-state index contributed by atoms with van der Waals surface area (Å²) in [7, 11) is 0. The van der Waals surface area contributed by atoms with E-state index in [0.29, 0.717) is 24.7 Å². The van der Waals surface area contributed by atoms with Gasteiger partial charge in [0.15, 0.2) is 5.82 Å². The average molecular weight is 277 g/mol. The second-order valence-corrected chi connectivity index (χ2v) is 5.19. The van der Waals surface area contributed by atoms with Gasteiger partial charge in [0.25, 0.3) is 5.91 Å². The number of aromatic nitrogens is 2. The Morgan fingerprint density at radius 1 is 1.40 bits per heavy atom. The second kappa shape index (κ2) is 5.72. The van der Waals surface area contributed by atoms with Crippen molar-refractivity contribution < 1.29 is 9.53 Å². The minimum atomic E-state index is -0.0881. The molecule has 0 spiro atoms. The van der Waals surface area contributed by atoms with Crippen molar-refractivity contribution in [1.82, 2.24) is 14.9 Å². The molecule has 2 heterocycles. The zero-order chi connectivity index (χ0) is 13.9. The standard InChI is InChI=1S/C13H19N5O2/c14-17-12-8-15-7-9(16-12)13(19)18-5-6-20-11-4-2-1-3-10(11)18/h7-8,10-11H,1-6,14H2,(H,16,17). The van der Waals surface area contributed by atoms with Crippen LogP contribution in [0, 0.1) is 0 Å². The maximum absolute atomic E-state index is 12.6. The largest absolute Gasteiger partial charge is 0.374 e. The number of anilines is 1. The van der Waals surface area contributed by atoms with Gasteiger partial charge in [-0.1, -0.05) is 12.8 Å². The number of rotatable bonds is 2. The first kappa shape index (κ1) is 13.3. The van der Waals surface area contributed by atoms with E-state index in [1.165, 1.54) is 18.8 Å². The monoisotopic (exact) mass is 277 g/mol. The molecule has 2 unspecified atom stereocenters. The van der Waals surface area contributed by atoms with Crippen LogP contribution in [0.1, 0.15) is 36.2 Å². The van der Waals surface area contributed by atoms with Gasteiger partial charge < -0.3 is 15.1 Å². The van der Waals surface area contributed by atoms with Crippen LogP contribution >= 0.6 is 0 Å². The SMILES string of the molecule is NNc1cncc(C(=O)N2CCOC3CCCCC32)n1. The fraction of sp³-hybridized carbons (Fsp3) is 0.615. The van der Waals surface area contributed by atoms with Crippen molar-refractivity contribution in [3.8, 4) is 0 Å². The second-order valence-electron chi connectivity index (χ2n) is 5.19. The number of carbonyl (C=O) groups is 1. The molecular formula is C13H19N5O2. The maximum atomic E-state index is 12.6. The van der Waals surface area contributed by atoms with Gasteiger partial charge in [0.2, 0.25) is 0 Å². The number of nitrogens with one attached hydrogen (secondary N) is 1. The number of hydrogen-bond donors (Lipinski definition) is 2. The molecule has 1 aromatic heterocycles. The molecular weight excluding hydrogens is 258 g/mol. The van der Waals surface area contributed by atoms with E-state index >= 15 is 0 Å². The summed E-state index contributed by atoms with van der Waals surface area (Å²) >= 11 is 0. The first-order valence-corrected chi connectivity index (χ1v) is 7.01. The number of fused-ring (bicyclic) bond motifs is 1. The first-order chi connectivity index (χ1) is 9.79. The summed E-state index contributed by atoms with van der Waals surface area (Å²) in [6.07, 6.45) is 7.49. The van der Waals surface area contributed by atoms with E-state index in [0.717, 1.165) is 19.3 Å². The lowest BCUT2D eigenvalue weighted by Crippen LogP contribution is -2.55. The molecule has 1 amide bonds. The molecule has 3 N–H and O–H groups in total. The molecule has 1 aromatic rings. The highest BCUT2D eigenvalue weighted by molar-refractivity contribution is 5.92. The summed E-state index contributed by atoms with van der Waals surface area (Å²) in [5, 5.41) is 0. The molecule has 2 fully saturated rings. The van der Waals surface area contributed by atoms with Gasteiger partial charge in [-0.15, -0.1) is 0 Å². The molecule has 2 atom stereocenters. The molecule has 0 aromatic carbocycles. The smallest absolute Gasteiger partial charge is 0.274 e. The van der Waals surface area contributed by atoms with Crippen molar-refractivity contribution in [2.24, 2.45) is 5.84 Å². The molecule has 108 valence electrons. The average Bonchev–Trinajstić information content (AvgIpc) is 2.53. The highest BCUT2D eigenvalue weighted by Crippen LogP contribution is 2.29. The van der Waals surface area contributed by atoms with Crippen LogP contribution < -0.4 is 11.3 Å². The van der Waals surface area contributed by atoms with Gasteiger partial charge in [-0.25, -0.2) is 10.8 Å². The summed E-state index contributed by atoms with van der Waals surface area (Å²) in [4.78, 5) is 22.7. The Bertz CT molecular complexity index is 493. The van der Waals surface area contributed by atoms with Gasteiger partial charge in [0.1, 0.15) is 5.69 Å². The molecule has 1 aliphatic heterocycles. The van der Waals surface area contributed by atoms with Crippen molar-refractivity contribution in [1.29, 1.82) is 0 Å². The lowest BCUT2D eigenvalue weighted by atomic mass is 9.90. The van der Waals surface area contributed by atoms with E-state index in [4.69, 9.17) is 10.6 Å². The van der Waals surface area contributed by atoms with E-state index in [1.807, 2.05) is 4.90 Å². The molecule has 1 saturated carbocycles. The molecule has 1 saturated heterocycles. The van der Waals surface area contributed by atoms with E-state index in [2.05, 4.69) is 15.4 Å². The predicted molar refractivity (Wildman–Crippen MR) is 72.9 cm³/mol. The molecule has 1 aliphatic carbocycles. The number of nitrogens with two attached hydrogens (primary N) is 1. The first-order valence-electron chi connectivity index (χ1n) is 7.01. The molecule has 0 radical (unpaired) electrons. The van der Waals surface area contributed by atoms with Crippen molar-refractivity contribution in [2.45, 2.75) is 37.8 Å². The van der Waals surface area contributed by atoms with Gasteiger partial charge in [-0.3, -0.25) is 9.78 Å². The van der Waals surface area contributed by atoms with Crippen LogP contribution in [-0.4, -0.2) is 46.1 Å². The van der Waals surface area contributed by atoms with Gasteiger partial charge in [0, 0.05) is 6.54 Å². The molecule has 3 rings (SSSR count). The van der Waals surface area contributed by atoms with Crippen LogP contribution in [0.25, 0.3) is 0 Å². The van der Waals surface area contributed by atoms with Gasteiger partial charge >= 0.3 is 0 Å². The minimum Gasteiger partial charge on any atom is -0.374 e. The zero-order valence-electron chi connectivity index (χ0n) is 11.3. The fourth-order valence-electron chi connectivity index (χ4n) is 3.03. The Morgan fingerprint density at radius 2 is 2.25 bits per heavy atom. The van der Waals surface area contributed by atoms with Crippen LogP contribution in [0.2, 0.25) is 0 Å². The normalized spacial score (nSPS) is 25.9. The van der Waals surface area contributed by atoms with Crippen molar-refractivity contribution in [3.63, 3.8) is 0 Å². The number of amides is 1. The van der Waals surface area contributed by atoms with E-state index < -0.39 is 0 Å². The highest BCUT2D eigenvalue weighted by atomic mass is 16.5.